The molecule has 0 aliphatic carbocycles. The van der Waals surface area contributed by atoms with Crippen molar-refractivity contribution in [1.29, 1.82) is 0 Å². The molecule has 0 aliphatic heterocycles. The van der Waals surface area contributed by atoms with Crippen LogP contribution in [0, 0.1) is 0 Å². The molecular formula is C20H19NO3. The minimum absolute atomic E-state index is 0.375. The third-order valence-electron chi connectivity index (χ3n) is 3.74. The number of methoxy groups -OCH3 is 1. The summed E-state index contributed by atoms with van der Waals surface area (Å²) in [6.07, 6.45) is 3.88. The van der Waals surface area contributed by atoms with Gasteiger partial charge in [0.25, 0.3) is 0 Å². The maximum absolute atomic E-state index is 11.6. The predicted octanol–water partition coefficient (Wildman–Crippen LogP) is 4.40. The van der Waals surface area contributed by atoms with Crippen LogP contribution in [0.2, 0.25) is 0 Å². The molecule has 0 atom stereocenters. The van der Waals surface area contributed by atoms with Crippen LogP contribution in [0.4, 0.5) is 5.69 Å². The van der Waals surface area contributed by atoms with Gasteiger partial charge in [0.15, 0.2) is 0 Å². The molecule has 1 aromatic heterocycles. The van der Waals surface area contributed by atoms with Gasteiger partial charge in [-0.15, -0.1) is 0 Å². The molecule has 0 spiro atoms. The molecule has 122 valence electrons. The Bertz CT molecular complexity index is 924. The van der Waals surface area contributed by atoms with Crippen molar-refractivity contribution in [2.75, 3.05) is 19.0 Å². The Hall–Kier alpha value is -3.01. The fourth-order valence-corrected chi connectivity index (χ4v) is 2.57. The molecule has 24 heavy (non-hydrogen) atoms. The van der Waals surface area contributed by atoms with Gasteiger partial charge in [0.1, 0.15) is 11.3 Å². The van der Waals surface area contributed by atoms with Crippen molar-refractivity contribution in [3.63, 3.8) is 0 Å². The van der Waals surface area contributed by atoms with Gasteiger partial charge in [0, 0.05) is 23.7 Å². The lowest BCUT2D eigenvalue weighted by Crippen LogP contribution is -1.97. The maximum atomic E-state index is 11.6. The van der Waals surface area contributed by atoms with E-state index in [1.54, 1.807) is 13.2 Å². The van der Waals surface area contributed by atoms with Crippen LogP contribution in [0.15, 0.2) is 57.7 Å². The molecule has 4 heteroatoms. The first-order valence-electron chi connectivity index (χ1n) is 7.84. The van der Waals surface area contributed by atoms with Gasteiger partial charge < -0.3 is 14.5 Å². The number of anilines is 1. The molecule has 1 heterocycles. The standard InChI is InChI=1S/C20H19NO3/c1-3-21-16-9-4-14(5-10-16)6-11-17-18(23-2)12-7-15-8-13-19(22)24-20(15)17/h4-13,21H,3H2,1-2H3. The summed E-state index contributed by atoms with van der Waals surface area (Å²) in [4.78, 5) is 11.6. The maximum Gasteiger partial charge on any atom is 0.336 e. The Balaban J connectivity index is 2.01. The number of rotatable bonds is 5. The molecule has 0 radical (unpaired) electrons. The van der Waals surface area contributed by atoms with Gasteiger partial charge in [0.05, 0.1) is 12.7 Å². The molecule has 0 aliphatic rings. The molecule has 3 aromatic rings. The van der Waals surface area contributed by atoms with E-state index in [0.717, 1.165) is 28.7 Å². The SMILES string of the molecule is CCNc1ccc(C=Cc2c(OC)ccc3ccc(=O)oc23)cc1. The number of nitrogens with one attached hydrogen (secondary N) is 1. The fourth-order valence-electron chi connectivity index (χ4n) is 2.57. The van der Waals surface area contributed by atoms with Crippen LogP contribution in [-0.2, 0) is 0 Å². The van der Waals surface area contributed by atoms with E-state index in [4.69, 9.17) is 9.15 Å². The Morgan fingerprint density at radius 3 is 2.50 bits per heavy atom. The van der Waals surface area contributed by atoms with Crippen molar-refractivity contribution in [3.8, 4) is 5.75 Å². The molecular weight excluding hydrogens is 302 g/mol. The van der Waals surface area contributed by atoms with Gasteiger partial charge >= 0.3 is 5.63 Å². The average molecular weight is 321 g/mol. The molecule has 4 nitrogen and oxygen atoms in total. The van der Waals surface area contributed by atoms with Crippen LogP contribution < -0.4 is 15.7 Å². The van der Waals surface area contributed by atoms with E-state index in [9.17, 15) is 4.79 Å². The second-order valence-corrected chi connectivity index (χ2v) is 5.34. The van der Waals surface area contributed by atoms with Gasteiger partial charge in [0.2, 0.25) is 0 Å². The van der Waals surface area contributed by atoms with Crippen molar-refractivity contribution in [2.45, 2.75) is 6.92 Å². The lowest BCUT2D eigenvalue weighted by atomic mass is 10.1. The molecule has 1 N–H and O–H groups in total. The molecule has 0 fully saturated rings. The summed E-state index contributed by atoms with van der Waals surface area (Å²) in [5.41, 5.74) is 3.05. The molecule has 2 aromatic carbocycles. The van der Waals surface area contributed by atoms with E-state index in [1.807, 2.05) is 48.6 Å². The van der Waals surface area contributed by atoms with Crippen molar-refractivity contribution in [2.24, 2.45) is 0 Å². The molecule has 0 amide bonds. The summed E-state index contributed by atoms with van der Waals surface area (Å²) in [5, 5.41) is 4.12. The normalized spacial score (nSPS) is 11.1. The summed E-state index contributed by atoms with van der Waals surface area (Å²) in [6.45, 7) is 2.95. The zero-order valence-electron chi connectivity index (χ0n) is 13.7. The smallest absolute Gasteiger partial charge is 0.336 e. The molecule has 0 bridgehead atoms. The first-order chi connectivity index (χ1) is 11.7. The first kappa shape index (κ1) is 15.9. The summed E-state index contributed by atoms with van der Waals surface area (Å²) in [6, 6.07) is 15.0. The highest BCUT2D eigenvalue weighted by Gasteiger charge is 2.08. The van der Waals surface area contributed by atoms with Crippen LogP contribution in [0.25, 0.3) is 23.1 Å². The molecule has 0 saturated carbocycles. The van der Waals surface area contributed by atoms with E-state index in [0.29, 0.717) is 11.3 Å². The minimum atomic E-state index is -0.375. The van der Waals surface area contributed by atoms with E-state index >= 15 is 0 Å². The third kappa shape index (κ3) is 3.33. The highest BCUT2D eigenvalue weighted by molar-refractivity contribution is 5.91. The van der Waals surface area contributed by atoms with Crippen molar-refractivity contribution >= 4 is 28.8 Å². The number of hydrogen-bond acceptors (Lipinski definition) is 4. The summed E-state index contributed by atoms with van der Waals surface area (Å²) < 4.78 is 10.8. The Kier molecular flexibility index (Phi) is 4.66. The van der Waals surface area contributed by atoms with E-state index < -0.39 is 0 Å². The van der Waals surface area contributed by atoms with E-state index in [-0.39, 0.29) is 5.63 Å². The molecule has 3 rings (SSSR count). The van der Waals surface area contributed by atoms with Crippen LogP contribution in [0.5, 0.6) is 5.75 Å². The summed E-state index contributed by atoms with van der Waals surface area (Å²) >= 11 is 0. The Labute approximate surface area is 140 Å². The van der Waals surface area contributed by atoms with Crippen LogP contribution in [0.1, 0.15) is 18.1 Å². The first-order valence-corrected chi connectivity index (χ1v) is 7.84. The topological polar surface area (TPSA) is 51.5 Å². The number of fused-ring (bicyclic) bond motifs is 1. The third-order valence-corrected chi connectivity index (χ3v) is 3.74. The van der Waals surface area contributed by atoms with Crippen molar-refractivity contribution in [1.82, 2.24) is 0 Å². The lowest BCUT2D eigenvalue weighted by Gasteiger charge is -2.07. The quantitative estimate of drug-likeness (QED) is 0.559. The van der Waals surface area contributed by atoms with Gasteiger partial charge in [-0.2, -0.15) is 0 Å². The van der Waals surface area contributed by atoms with E-state index in [1.165, 1.54) is 6.07 Å². The van der Waals surface area contributed by atoms with Crippen LogP contribution >= 0.6 is 0 Å². The molecule has 0 unspecified atom stereocenters. The second kappa shape index (κ2) is 7.04. The van der Waals surface area contributed by atoms with Gasteiger partial charge in [-0.1, -0.05) is 18.2 Å². The second-order valence-electron chi connectivity index (χ2n) is 5.34. The van der Waals surface area contributed by atoms with Crippen molar-refractivity contribution in [3.05, 3.63) is 70.1 Å². The fraction of sp³-hybridized carbons (Fsp3) is 0.150. The zero-order chi connectivity index (χ0) is 16.9. The Morgan fingerprint density at radius 2 is 1.79 bits per heavy atom. The van der Waals surface area contributed by atoms with E-state index in [2.05, 4.69) is 12.2 Å². The highest BCUT2D eigenvalue weighted by Crippen LogP contribution is 2.29. The minimum Gasteiger partial charge on any atom is -0.496 e. The Morgan fingerprint density at radius 1 is 1.04 bits per heavy atom. The average Bonchev–Trinajstić information content (AvgIpc) is 2.61. The number of benzene rings is 2. The molecule has 0 saturated heterocycles. The number of ether oxygens (including phenoxy) is 1. The zero-order valence-corrected chi connectivity index (χ0v) is 13.7. The van der Waals surface area contributed by atoms with Crippen molar-refractivity contribution < 1.29 is 9.15 Å². The highest BCUT2D eigenvalue weighted by atomic mass is 16.5. The summed E-state index contributed by atoms with van der Waals surface area (Å²) in [7, 11) is 1.60. The largest absolute Gasteiger partial charge is 0.496 e. The van der Waals surface area contributed by atoms with Crippen LogP contribution in [-0.4, -0.2) is 13.7 Å². The van der Waals surface area contributed by atoms with Gasteiger partial charge in [-0.25, -0.2) is 4.79 Å². The monoisotopic (exact) mass is 321 g/mol. The van der Waals surface area contributed by atoms with Gasteiger partial charge in [-0.05, 0) is 48.9 Å². The van der Waals surface area contributed by atoms with Crippen LogP contribution in [0.3, 0.4) is 0 Å². The summed E-state index contributed by atoms with van der Waals surface area (Å²) in [5.74, 6) is 0.664. The number of hydrogen-bond donors (Lipinski definition) is 1. The predicted molar refractivity (Wildman–Crippen MR) is 98.6 cm³/mol. The lowest BCUT2D eigenvalue weighted by molar-refractivity contribution is 0.413. The van der Waals surface area contributed by atoms with Gasteiger partial charge in [-0.3, -0.25) is 0 Å².